The Bertz CT molecular complexity index is 443. The first-order chi connectivity index (χ1) is 7.41. The van der Waals surface area contributed by atoms with Gasteiger partial charge in [0.2, 0.25) is 5.91 Å². The van der Waals surface area contributed by atoms with E-state index >= 15 is 0 Å². The molecule has 1 aliphatic heterocycles. The van der Waals surface area contributed by atoms with Gasteiger partial charge in [0.05, 0.1) is 16.4 Å². The molecule has 16 heavy (non-hydrogen) atoms. The number of nitrogens with one attached hydrogen (secondary N) is 1. The summed E-state index contributed by atoms with van der Waals surface area (Å²) in [5.41, 5.74) is 1.54. The van der Waals surface area contributed by atoms with Crippen molar-refractivity contribution in [1.29, 1.82) is 0 Å². The summed E-state index contributed by atoms with van der Waals surface area (Å²) in [5, 5.41) is 4.01. The second-order valence-electron chi connectivity index (χ2n) is 4.75. The molecule has 0 saturated heterocycles. The number of halogens is 1. The summed E-state index contributed by atoms with van der Waals surface area (Å²) in [6.07, 6.45) is 0. The molecule has 1 aliphatic rings. The van der Waals surface area contributed by atoms with E-state index in [1.165, 1.54) is 0 Å². The standard InChI is InChI=1S/C12H15ClN2O/c1-8(16)15-7-12(2,3)14-11-9(13)5-4-6-10(11)15/h4-6,14H,7H2,1-3H3. The summed E-state index contributed by atoms with van der Waals surface area (Å²) < 4.78 is 0. The molecule has 0 radical (unpaired) electrons. The Kier molecular flexibility index (Phi) is 2.58. The number of para-hydroxylation sites is 1. The molecule has 0 bridgehead atoms. The van der Waals surface area contributed by atoms with Gasteiger partial charge in [-0.3, -0.25) is 4.79 Å². The van der Waals surface area contributed by atoms with E-state index in [-0.39, 0.29) is 11.4 Å². The lowest BCUT2D eigenvalue weighted by Gasteiger charge is -2.40. The first-order valence-corrected chi connectivity index (χ1v) is 5.63. The summed E-state index contributed by atoms with van der Waals surface area (Å²) >= 11 is 6.14. The minimum absolute atomic E-state index is 0.0399. The number of rotatable bonds is 0. The Morgan fingerprint density at radius 1 is 1.50 bits per heavy atom. The van der Waals surface area contributed by atoms with E-state index in [0.717, 1.165) is 11.4 Å². The predicted molar refractivity (Wildman–Crippen MR) is 67.2 cm³/mol. The smallest absolute Gasteiger partial charge is 0.224 e. The number of nitrogens with zero attached hydrogens (tertiary/aromatic N) is 1. The van der Waals surface area contributed by atoms with Crippen LogP contribution in [0.1, 0.15) is 20.8 Å². The number of amides is 1. The highest BCUT2D eigenvalue weighted by molar-refractivity contribution is 6.34. The van der Waals surface area contributed by atoms with Gasteiger partial charge in [-0.15, -0.1) is 0 Å². The Balaban J connectivity index is 2.55. The monoisotopic (exact) mass is 238 g/mol. The van der Waals surface area contributed by atoms with E-state index in [4.69, 9.17) is 11.6 Å². The lowest BCUT2D eigenvalue weighted by atomic mass is 9.99. The van der Waals surface area contributed by atoms with E-state index in [2.05, 4.69) is 19.2 Å². The zero-order chi connectivity index (χ0) is 11.9. The molecule has 1 aromatic rings. The molecule has 0 spiro atoms. The molecule has 0 aromatic heterocycles. The predicted octanol–water partition coefficient (Wildman–Crippen LogP) is 2.90. The maximum atomic E-state index is 11.6. The lowest BCUT2D eigenvalue weighted by molar-refractivity contribution is -0.116. The first-order valence-electron chi connectivity index (χ1n) is 5.25. The Morgan fingerprint density at radius 2 is 2.19 bits per heavy atom. The van der Waals surface area contributed by atoms with Gasteiger partial charge >= 0.3 is 0 Å². The highest BCUT2D eigenvalue weighted by Crippen LogP contribution is 2.39. The van der Waals surface area contributed by atoms with Gasteiger partial charge in [0, 0.05) is 19.0 Å². The van der Waals surface area contributed by atoms with Crippen LogP contribution in [-0.4, -0.2) is 18.0 Å². The summed E-state index contributed by atoms with van der Waals surface area (Å²) in [5.74, 6) is 0.0399. The third kappa shape index (κ3) is 1.87. The van der Waals surface area contributed by atoms with E-state index in [0.29, 0.717) is 11.6 Å². The van der Waals surface area contributed by atoms with Crippen molar-refractivity contribution in [3.05, 3.63) is 23.2 Å². The average molecular weight is 239 g/mol. The van der Waals surface area contributed by atoms with Gasteiger partial charge in [0.25, 0.3) is 0 Å². The SMILES string of the molecule is CC(=O)N1CC(C)(C)Nc2c(Cl)cccc21. The molecule has 0 atom stereocenters. The van der Waals surface area contributed by atoms with Crippen molar-refractivity contribution in [3.8, 4) is 0 Å². The third-order valence-corrected chi connectivity index (χ3v) is 2.99. The van der Waals surface area contributed by atoms with Gasteiger partial charge in [0.15, 0.2) is 0 Å². The molecule has 1 aromatic carbocycles. The molecule has 1 N–H and O–H groups in total. The van der Waals surface area contributed by atoms with E-state index < -0.39 is 0 Å². The molecule has 0 aliphatic carbocycles. The number of hydrogen-bond acceptors (Lipinski definition) is 2. The lowest BCUT2D eigenvalue weighted by Crippen LogP contribution is -2.50. The van der Waals surface area contributed by atoms with E-state index in [9.17, 15) is 4.79 Å². The zero-order valence-corrected chi connectivity index (χ0v) is 10.4. The highest BCUT2D eigenvalue weighted by atomic mass is 35.5. The van der Waals surface area contributed by atoms with Crippen LogP contribution >= 0.6 is 11.6 Å². The van der Waals surface area contributed by atoms with Gasteiger partial charge in [-0.1, -0.05) is 17.7 Å². The maximum Gasteiger partial charge on any atom is 0.224 e. The van der Waals surface area contributed by atoms with Crippen molar-refractivity contribution < 1.29 is 4.79 Å². The van der Waals surface area contributed by atoms with Crippen LogP contribution in [0.3, 0.4) is 0 Å². The fourth-order valence-electron chi connectivity index (χ4n) is 2.00. The number of hydrogen-bond donors (Lipinski definition) is 1. The summed E-state index contributed by atoms with van der Waals surface area (Å²) in [6.45, 7) is 6.33. The van der Waals surface area contributed by atoms with Crippen LogP contribution < -0.4 is 10.2 Å². The van der Waals surface area contributed by atoms with Gasteiger partial charge in [-0.2, -0.15) is 0 Å². The van der Waals surface area contributed by atoms with Gasteiger partial charge in [-0.25, -0.2) is 0 Å². The molecule has 1 amide bonds. The van der Waals surface area contributed by atoms with Crippen molar-refractivity contribution in [2.75, 3.05) is 16.8 Å². The summed E-state index contributed by atoms with van der Waals surface area (Å²) in [4.78, 5) is 13.4. The average Bonchev–Trinajstić information content (AvgIpc) is 2.17. The van der Waals surface area contributed by atoms with Crippen LogP contribution in [-0.2, 0) is 4.79 Å². The van der Waals surface area contributed by atoms with Crippen molar-refractivity contribution in [2.45, 2.75) is 26.3 Å². The maximum absolute atomic E-state index is 11.6. The van der Waals surface area contributed by atoms with E-state index in [1.807, 2.05) is 18.2 Å². The fourth-order valence-corrected chi connectivity index (χ4v) is 2.22. The van der Waals surface area contributed by atoms with Gasteiger partial charge in [0.1, 0.15) is 0 Å². The van der Waals surface area contributed by atoms with Crippen LogP contribution in [0.2, 0.25) is 5.02 Å². The van der Waals surface area contributed by atoms with Crippen molar-refractivity contribution >= 4 is 28.9 Å². The van der Waals surface area contributed by atoms with Crippen LogP contribution in [0, 0.1) is 0 Å². The van der Waals surface area contributed by atoms with Crippen LogP contribution in [0.25, 0.3) is 0 Å². The molecule has 4 heteroatoms. The molecule has 86 valence electrons. The van der Waals surface area contributed by atoms with Gasteiger partial charge < -0.3 is 10.2 Å². The molecule has 1 heterocycles. The van der Waals surface area contributed by atoms with Crippen LogP contribution in [0.15, 0.2) is 18.2 Å². The number of anilines is 2. The molecule has 0 saturated carbocycles. The van der Waals surface area contributed by atoms with Crippen molar-refractivity contribution in [2.24, 2.45) is 0 Å². The second-order valence-corrected chi connectivity index (χ2v) is 5.16. The van der Waals surface area contributed by atoms with Crippen molar-refractivity contribution in [1.82, 2.24) is 0 Å². The molecule has 0 fully saturated rings. The molecular formula is C12H15ClN2O. The number of benzene rings is 1. The third-order valence-electron chi connectivity index (χ3n) is 2.68. The number of carbonyl (C=O) groups excluding carboxylic acids is 1. The first kappa shape index (κ1) is 11.3. The normalized spacial score (nSPS) is 17.6. The fraction of sp³-hybridized carbons (Fsp3) is 0.417. The number of carbonyl (C=O) groups is 1. The van der Waals surface area contributed by atoms with Crippen LogP contribution in [0.4, 0.5) is 11.4 Å². The highest BCUT2D eigenvalue weighted by Gasteiger charge is 2.32. The summed E-state index contributed by atoms with van der Waals surface area (Å²) in [7, 11) is 0. The zero-order valence-electron chi connectivity index (χ0n) is 9.67. The molecular weight excluding hydrogens is 224 g/mol. The summed E-state index contributed by atoms with van der Waals surface area (Å²) in [6, 6.07) is 5.59. The minimum Gasteiger partial charge on any atom is -0.375 e. The van der Waals surface area contributed by atoms with Crippen molar-refractivity contribution in [3.63, 3.8) is 0 Å². The second kappa shape index (κ2) is 3.67. The molecule has 2 rings (SSSR count). The molecule has 3 nitrogen and oxygen atoms in total. The Labute approximate surface area is 100 Å². The van der Waals surface area contributed by atoms with E-state index in [1.54, 1.807) is 11.8 Å². The topological polar surface area (TPSA) is 32.3 Å². The number of fused-ring (bicyclic) bond motifs is 1. The largest absolute Gasteiger partial charge is 0.375 e. The quantitative estimate of drug-likeness (QED) is 0.754. The molecule has 0 unspecified atom stereocenters. The van der Waals surface area contributed by atoms with Gasteiger partial charge in [-0.05, 0) is 26.0 Å². The Morgan fingerprint density at radius 3 is 2.81 bits per heavy atom. The minimum atomic E-state index is -0.163. The Hall–Kier alpha value is -1.22. The van der Waals surface area contributed by atoms with Crippen LogP contribution in [0.5, 0.6) is 0 Å².